The molecule has 0 unspecified atom stereocenters. The van der Waals surface area contributed by atoms with Crippen LogP contribution in [0.15, 0.2) is 52.3 Å². The quantitative estimate of drug-likeness (QED) is 0.825. The van der Waals surface area contributed by atoms with E-state index in [1.165, 1.54) is 31.0 Å². The molecule has 5 nitrogen and oxygen atoms in total. The summed E-state index contributed by atoms with van der Waals surface area (Å²) in [6.45, 7) is 0. The van der Waals surface area contributed by atoms with Gasteiger partial charge in [-0.25, -0.2) is 4.79 Å². The zero-order valence-corrected chi connectivity index (χ0v) is 12.6. The highest BCUT2D eigenvalue weighted by Crippen LogP contribution is 2.31. The molecule has 6 heteroatoms. The van der Waals surface area contributed by atoms with Crippen molar-refractivity contribution >= 4 is 23.7 Å². The number of phenolic OH excluding ortho intramolecular Hbond substituents is 1. The van der Waals surface area contributed by atoms with Crippen molar-refractivity contribution in [2.45, 2.75) is 16.2 Å². The molecule has 22 heavy (non-hydrogen) atoms. The predicted octanol–water partition coefficient (Wildman–Crippen LogP) is 2.96. The number of rotatable bonds is 5. The summed E-state index contributed by atoms with van der Waals surface area (Å²) < 4.78 is 4.57. The number of aromatic hydroxyl groups is 1. The number of hydrogen-bond acceptors (Lipinski definition) is 5. The number of hydrogen-bond donors (Lipinski definition) is 2. The Labute approximate surface area is 131 Å². The lowest BCUT2D eigenvalue weighted by atomic mass is 10.2. The summed E-state index contributed by atoms with van der Waals surface area (Å²) in [5.74, 6) is -1.60. The van der Waals surface area contributed by atoms with Gasteiger partial charge < -0.3 is 14.9 Å². The fourth-order valence-electron chi connectivity index (χ4n) is 1.84. The Morgan fingerprint density at radius 2 is 1.73 bits per heavy atom. The average molecular weight is 318 g/mol. The molecule has 2 rings (SSSR count). The van der Waals surface area contributed by atoms with Crippen LogP contribution in [0.2, 0.25) is 0 Å². The lowest BCUT2D eigenvalue weighted by Gasteiger charge is -2.06. The largest absolute Gasteiger partial charge is 0.507 e. The molecule has 114 valence electrons. The molecule has 0 aliphatic rings. The maximum atomic E-state index is 11.4. The van der Waals surface area contributed by atoms with Gasteiger partial charge in [0.05, 0.1) is 13.5 Å². The monoisotopic (exact) mass is 318 g/mol. The van der Waals surface area contributed by atoms with Crippen LogP contribution in [0.1, 0.15) is 15.9 Å². The van der Waals surface area contributed by atoms with Crippen LogP contribution < -0.4 is 0 Å². The Balaban J connectivity index is 2.12. The first-order valence-electron chi connectivity index (χ1n) is 6.39. The first-order chi connectivity index (χ1) is 10.5. The highest BCUT2D eigenvalue weighted by atomic mass is 32.2. The Morgan fingerprint density at radius 1 is 1.09 bits per heavy atom. The number of carbonyl (C=O) groups is 2. The van der Waals surface area contributed by atoms with Gasteiger partial charge in [-0.2, -0.15) is 0 Å². The summed E-state index contributed by atoms with van der Waals surface area (Å²) in [5, 5.41) is 18.6. The molecule has 0 bridgehead atoms. The van der Waals surface area contributed by atoms with Crippen molar-refractivity contribution < 1.29 is 24.5 Å². The number of benzene rings is 2. The molecule has 2 aromatic carbocycles. The number of aliphatic carboxylic acids is 1. The molecule has 0 radical (unpaired) electrons. The molecular weight excluding hydrogens is 304 g/mol. The number of esters is 1. The average Bonchev–Trinajstić information content (AvgIpc) is 2.48. The van der Waals surface area contributed by atoms with E-state index in [0.29, 0.717) is 0 Å². The van der Waals surface area contributed by atoms with Gasteiger partial charge in [-0.05, 0) is 35.9 Å². The van der Waals surface area contributed by atoms with E-state index in [1.807, 2.05) is 12.1 Å². The molecule has 2 aromatic rings. The van der Waals surface area contributed by atoms with Gasteiger partial charge in [-0.3, -0.25) is 4.79 Å². The molecular formula is C16H14O5S. The van der Waals surface area contributed by atoms with Gasteiger partial charge in [0, 0.05) is 9.79 Å². The van der Waals surface area contributed by atoms with Crippen molar-refractivity contribution in [1.29, 1.82) is 0 Å². The first-order valence-corrected chi connectivity index (χ1v) is 7.21. The Morgan fingerprint density at radius 3 is 2.27 bits per heavy atom. The summed E-state index contributed by atoms with van der Waals surface area (Å²) in [7, 11) is 1.25. The van der Waals surface area contributed by atoms with Gasteiger partial charge in [0.2, 0.25) is 0 Å². The molecule has 0 fully saturated rings. The Hall–Kier alpha value is -2.47. The number of phenols is 1. The van der Waals surface area contributed by atoms with E-state index in [0.717, 1.165) is 15.4 Å². The predicted molar refractivity (Wildman–Crippen MR) is 81.4 cm³/mol. The zero-order chi connectivity index (χ0) is 16.1. The van der Waals surface area contributed by atoms with E-state index in [-0.39, 0.29) is 17.7 Å². The number of carbonyl (C=O) groups excluding carboxylic acids is 1. The normalized spacial score (nSPS) is 10.2. The van der Waals surface area contributed by atoms with Crippen LogP contribution in [0.5, 0.6) is 5.75 Å². The lowest BCUT2D eigenvalue weighted by molar-refractivity contribution is -0.136. The second kappa shape index (κ2) is 7.00. The van der Waals surface area contributed by atoms with Gasteiger partial charge >= 0.3 is 11.9 Å². The molecule has 0 spiro atoms. The van der Waals surface area contributed by atoms with Crippen LogP contribution in [0.4, 0.5) is 0 Å². The number of ether oxygens (including phenoxy) is 1. The van der Waals surface area contributed by atoms with Gasteiger partial charge in [0.15, 0.2) is 0 Å². The van der Waals surface area contributed by atoms with Crippen LogP contribution in [-0.2, 0) is 16.0 Å². The van der Waals surface area contributed by atoms with E-state index in [1.54, 1.807) is 18.2 Å². The van der Waals surface area contributed by atoms with Gasteiger partial charge in [0.25, 0.3) is 0 Å². The van der Waals surface area contributed by atoms with Crippen molar-refractivity contribution in [3.05, 3.63) is 53.6 Å². The molecule has 0 heterocycles. The maximum Gasteiger partial charge on any atom is 0.341 e. The molecule has 2 N–H and O–H groups in total. The first kappa shape index (κ1) is 15.9. The van der Waals surface area contributed by atoms with Gasteiger partial charge in [-0.15, -0.1) is 0 Å². The Kier molecular flexibility index (Phi) is 5.06. The molecule has 0 amide bonds. The summed E-state index contributed by atoms with van der Waals surface area (Å²) >= 11 is 1.40. The van der Waals surface area contributed by atoms with Crippen molar-refractivity contribution in [3.8, 4) is 5.75 Å². The fourth-order valence-corrected chi connectivity index (χ4v) is 2.69. The molecule has 0 aromatic heterocycles. The highest BCUT2D eigenvalue weighted by molar-refractivity contribution is 7.99. The van der Waals surface area contributed by atoms with E-state index in [9.17, 15) is 14.7 Å². The minimum absolute atomic E-state index is 0.0143. The van der Waals surface area contributed by atoms with E-state index in [2.05, 4.69) is 4.74 Å². The van der Waals surface area contributed by atoms with Crippen LogP contribution in [-0.4, -0.2) is 29.3 Å². The third kappa shape index (κ3) is 4.02. The van der Waals surface area contributed by atoms with Gasteiger partial charge in [0.1, 0.15) is 11.3 Å². The summed E-state index contributed by atoms with van der Waals surface area (Å²) in [5.41, 5.74) is 0.837. The van der Waals surface area contributed by atoms with Crippen molar-refractivity contribution in [2.24, 2.45) is 0 Å². The van der Waals surface area contributed by atoms with Crippen molar-refractivity contribution in [1.82, 2.24) is 0 Å². The van der Waals surface area contributed by atoms with E-state index in [4.69, 9.17) is 5.11 Å². The summed E-state index contributed by atoms with van der Waals surface area (Å²) in [4.78, 5) is 23.7. The third-order valence-electron chi connectivity index (χ3n) is 2.89. The van der Waals surface area contributed by atoms with Crippen LogP contribution in [0.3, 0.4) is 0 Å². The molecule has 0 aliphatic carbocycles. The Bertz CT molecular complexity index is 694. The molecule has 0 saturated heterocycles. The number of methoxy groups -OCH3 is 1. The van der Waals surface area contributed by atoms with Crippen LogP contribution >= 0.6 is 11.8 Å². The fraction of sp³-hybridized carbons (Fsp3) is 0.125. The zero-order valence-electron chi connectivity index (χ0n) is 11.8. The van der Waals surface area contributed by atoms with Crippen LogP contribution in [0, 0.1) is 0 Å². The molecule has 0 atom stereocenters. The maximum absolute atomic E-state index is 11.4. The van der Waals surface area contributed by atoms with Crippen molar-refractivity contribution in [3.63, 3.8) is 0 Å². The summed E-state index contributed by atoms with van der Waals surface area (Å²) in [6, 6.07) is 11.8. The highest BCUT2D eigenvalue weighted by Gasteiger charge is 2.12. The lowest BCUT2D eigenvalue weighted by Crippen LogP contribution is -2.01. The smallest absolute Gasteiger partial charge is 0.341 e. The summed E-state index contributed by atoms with van der Waals surface area (Å²) in [6.07, 6.45) is -0.0143. The SMILES string of the molecule is COC(=O)c1ccc(Sc2ccc(CC(=O)O)cc2)cc1O. The second-order valence-electron chi connectivity index (χ2n) is 4.49. The van der Waals surface area contributed by atoms with Crippen molar-refractivity contribution in [2.75, 3.05) is 7.11 Å². The molecule has 0 saturated carbocycles. The van der Waals surface area contributed by atoms with E-state index < -0.39 is 11.9 Å². The number of carboxylic acids is 1. The van der Waals surface area contributed by atoms with Crippen LogP contribution in [0.25, 0.3) is 0 Å². The second-order valence-corrected chi connectivity index (χ2v) is 5.63. The van der Waals surface area contributed by atoms with E-state index >= 15 is 0 Å². The standard InChI is InChI=1S/C16H14O5S/c1-21-16(20)13-7-6-12(9-14(13)17)22-11-4-2-10(3-5-11)8-15(18)19/h2-7,9,17H,8H2,1H3,(H,18,19). The molecule has 0 aliphatic heterocycles. The minimum atomic E-state index is -0.872. The van der Waals surface area contributed by atoms with Gasteiger partial charge in [-0.1, -0.05) is 23.9 Å². The third-order valence-corrected chi connectivity index (χ3v) is 3.89. The number of carboxylic acid groups (broad SMARTS) is 1. The topological polar surface area (TPSA) is 83.8 Å². The minimum Gasteiger partial charge on any atom is -0.507 e.